The summed E-state index contributed by atoms with van der Waals surface area (Å²) in [6.07, 6.45) is 2.33. The first-order valence-corrected chi connectivity index (χ1v) is 5.90. The summed E-state index contributed by atoms with van der Waals surface area (Å²) in [5.74, 6) is -0.888. The Morgan fingerprint density at radius 2 is 2.22 bits per heavy atom. The van der Waals surface area contributed by atoms with E-state index in [9.17, 15) is 9.59 Å². The Hall–Kier alpha value is -1.88. The van der Waals surface area contributed by atoms with E-state index >= 15 is 0 Å². The number of aromatic nitrogens is 1. The molecule has 1 N–H and O–H groups in total. The van der Waals surface area contributed by atoms with Crippen LogP contribution in [0.3, 0.4) is 0 Å². The van der Waals surface area contributed by atoms with Gasteiger partial charge in [-0.15, -0.1) is 0 Å². The lowest BCUT2D eigenvalue weighted by Crippen LogP contribution is -2.39. The molecule has 1 aliphatic heterocycles. The Kier molecular flexibility index (Phi) is 2.56. The number of furan rings is 1. The molecular formula is C12H9ClN2O3. The number of piperidine rings is 1. The van der Waals surface area contributed by atoms with Gasteiger partial charge in [-0.2, -0.15) is 0 Å². The van der Waals surface area contributed by atoms with Crippen LogP contribution in [0, 0.1) is 0 Å². The highest BCUT2D eigenvalue weighted by atomic mass is 35.5. The van der Waals surface area contributed by atoms with Gasteiger partial charge in [0.1, 0.15) is 5.15 Å². The minimum Gasteiger partial charge on any atom is -0.446 e. The Balaban J connectivity index is 2.04. The van der Waals surface area contributed by atoms with Crippen molar-refractivity contribution in [1.82, 2.24) is 10.3 Å². The summed E-state index contributed by atoms with van der Waals surface area (Å²) < 4.78 is 5.30. The average Bonchev–Trinajstić information content (AvgIpc) is 2.72. The largest absolute Gasteiger partial charge is 0.446 e. The molecule has 0 spiro atoms. The molecule has 0 bridgehead atoms. The van der Waals surface area contributed by atoms with Crippen LogP contribution in [0.4, 0.5) is 0 Å². The van der Waals surface area contributed by atoms with Crippen molar-refractivity contribution in [3.05, 3.63) is 29.1 Å². The minimum atomic E-state index is -0.369. The highest BCUT2D eigenvalue weighted by Gasteiger charge is 2.30. The fraction of sp³-hybridized carbons (Fsp3) is 0.250. The van der Waals surface area contributed by atoms with E-state index < -0.39 is 0 Å². The minimum absolute atomic E-state index is 0.231. The molecule has 2 aromatic heterocycles. The standard InChI is InChI=1S/C12H9ClN2O3/c13-9-3-1-7-8(5-18-12(7)14-9)6-2-4-10(16)15-11(6)17/h1,3,5-6H,2,4H2,(H,15,16,17). The molecular weight excluding hydrogens is 256 g/mol. The van der Waals surface area contributed by atoms with E-state index in [2.05, 4.69) is 10.3 Å². The van der Waals surface area contributed by atoms with Crippen LogP contribution in [0.1, 0.15) is 24.3 Å². The van der Waals surface area contributed by atoms with Crippen LogP contribution in [0.2, 0.25) is 5.15 Å². The molecule has 0 radical (unpaired) electrons. The van der Waals surface area contributed by atoms with Crippen LogP contribution in [0.15, 0.2) is 22.8 Å². The molecule has 3 rings (SSSR count). The summed E-state index contributed by atoms with van der Waals surface area (Å²) in [6, 6.07) is 3.42. The Morgan fingerprint density at radius 3 is 3.00 bits per heavy atom. The lowest BCUT2D eigenvalue weighted by atomic mass is 9.91. The summed E-state index contributed by atoms with van der Waals surface area (Å²) in [6.45, 7) is 0. The number of rotatable bonds is 1. The van der Waals surface area contributed by atoms with Gasteiger partial charge in [-0.3, -0.25) is 14.9 Å². The molecule has 1 atom stereocenters. The van der Waals surface area contributed by atoms with Gasteiger partial charge in [0.25, 0.3) is 0 Å². The maximum Gasteiger partial charge on any atom is 0.234 e. The molecule has 6 heteroatoms. The van der Waals surface area contributed by atoms with Crippen molar-refractivity contribution in [3.8, 4) is 0 Å². The van der Waals surface area contributed by atoms with E-state index in [0.29, 0.717) is 23.7 Å². The van der Waals surface area contributed by atoms with Crippen molar-refractivity contribution < 1.29 is 14.0 Å². The van der Waals surface area contributed by atoms with Gasteiger partial charge in [0, 0.05) is 17.4 Å². The first-order chi connectivity index (χ1) is 8.65. The number of amides is 2. The summed E-state index contributed by atoms with van der Waals surface area (Å²) >= 11 is 5.77. The van der Waals surface area contributed by atoms with E-state index in [0.717, 1.165) is 10.9 Å². The second-order valence-electron chi connectivity index (χ2n) is 4.18. The van der Waals surface area contributed by atoms with Crippen molar-refractivity contribution in [2.24, 2.45) is 0 Å². The lowest BCUT2D eigenvalue weighted by Gasteiger charge is -2.19. The van der Waals surface area contributed by atoms with Gasteiger partial charge in [0.2, 0.25) is 17.5 Å². The van der Waals surface area contributed by atoms with Crippen LogP contribution in [0.25, 0.3) is 11.1 Å². The van der Waals surface area contributed by atoms with Gasteiger partial charge in [-0.05, 0) is 18.6 Å². The van der Waals surface area contributed by atoms with Gasteiger partial charge < -0.3 is 4.42 Å². The second-order valence-corrected chi connectivity index (χ2v) is 4.57. The predicted octanol–water partition coefficient (Wildman–Crippen LogP) is 2.00. The predicted molar refractivity (Wildman–Crippen MR) is 64.1 cm³/mol. The summed E-state index contributed by atoms with van der Waals surface area (Å²) in [4.78, 5) is 26.9. The number of fused-ring (bicyclic) bond motifs is 1. The summed E-state index contributed by atoms with van der Waals surface area (Å²) in [7, 11) is 0. The molecule has 1 fully saturated rings. The highest BCUT2D eigenvalue weighted by molar-refractivity contribution is 6.29. The Labute approximate surface area is 107 Å². The van der Waals surface area contributed by atoms with Crippen molar-refractivity contribution in [3.63, 3.8) is 0 Å². The molecule has 3 heterocycles. The van der Waals surface area contributed by atoms with E-state index in [1.165, 1.54) is 6.26 Å². The summed E-state index contributed by atoms with van der Waals surface area (Å²) in [5.41, 5.74) is 1.15. The van der Waals surface area contributed by atoms with Crippen LogP contribution < -0.4 is 5.32 Å². The molecule has 1 unspecified atom stereocenters. The van der Waals surface area contributed by atoms with E-state index in [1.807, 2.05) is 0 Å². The average molecular weight is 265 g/mol. The van der Waals surface area contributed by atoms with Gasteiger partial charge in [-0.25, -0.2) is 4.98 Å². The maximum atomic E-state index is 11.8. The zero-order valence-electron chi connectivity index (χ0n) is 9.27. The first-order valence-electron chi connectivity index (χ1n) is 5.52. The number of halogens is 1. The molecule has 5 nitrogen and oxygen atoms in total. The number of carbonyl (C=O) groups excluding carboxylic acids is 2. The molecule has 18 heavy (non-hydrogen) atoms. The van der Waals surface area contributed by atoms with Gasteiger partial charge in [-0.1, -0.05) is 11.6 Å². The number of nitrogens with one attached hydrogen (secondary N) is 1. The topological polar surface area (TPSA) is 72.2 Å². The number of pyridine rings is 1. The van der Waals surface area contributed by atoms with Crippen molar-refractivity contribution in [1.29, 1.82) is 0 Å². The zero-order valence-corrected chi connectivity index (χ0v) is 10.0. The molecule has 2 amide bonds. The van der Waals surface area contributed by atoms with E-state index in [4.69, 9.17) is 16.0 Å². The SMILES string of the molecule is O=C1CCC(c2coc3nc(Cl)ccc23)C(=O)N1. The normalized spacial score (nSPS) is 20.2. The molecule has 0 aromatic carbocycles. The fourth-order valence-corrected chi connectivity index (χ4v) is 2.31. The fourth-order valence-electron chi connectivity index (χ4n) is 2.17. The molecule has 1 aliphatic rings. The Bertz CT molecular complexity index is 650. The summed E-state index contributed by atoms with van der Waals surface area (Å²) in [5, 5.41) is 3.43. The molecule has 0 saturated carbocycles. The highest BCUT2D eigenvalue weighted by Crippen LogP contribution is 2.32. The van der Waals surface area contributed by atoms with Gasteiger partial charge >= 0.3 is 0 Å². The molecule has 92 valence electrons. The van der Waals surface area contributed by atoms with Crippen molar-refractivity contribution >= 4 is 34.5 Å². The quantitative estimate of drug-likeness (QED) is 0.632. The van der Waals surface area contributed by atoms with Gasteiger partial charge in [0.15, 0.2) is 0 Å². The number of nitrogens with zero attached hydrogens (tertiary/aromatic N) is 1. The third kappa shape index (κ3) is 1.76. The number of hydrogen-bond donors (Lipinski definition) is 1. The van der Waals surface area contributed by atoms with Crippen molar-refractivity contribution in [2.75, 3.05) is 0 Å². The Morgan fingerprint density at radius 1 is 1.39 bits per heavy atom. The number of hydrogen-bond acceptors (Lipinski definition) is 4. The number of imide groups is 1. The van der Waals surface area contributed by atoms with Gasteiger partial charge in [0.05, 0.1) is 12.2 Å². The molecule has 2 aromatic rings. The van der Waals surface area contributed by atoms with Crippen LogP contribution >= 0.6 is 11.6 Å². The van der Waals surface area contributed by atoms with Crippen LogP contribution in [0.5, 0.6) is 0 Å². The molecule has 0 aliphatic carbocycles. The van der Waals surface area contributed by atoms with E-state index in [-0.39, 0.29) is 17.7 Å². The third-order valence-electron chi connectivity index (χ3n) is 3.05. The van der Waals surface area contributed by atoms with Crippen LogP contribution in [-0.2, 0) is 9.59 Å². The lowest BCUT2D eigenvalue weighted by molar-refractivity contribution is -0.134. The maximum absolute atomic E-state index is 11.8. The third-order valence-corrected chi connectivity index (χ3v) is 3.26. The molecule has 1 saturated heterocycles. The van der Waals surface area contributed by atoms with Crippen molar-refractivity contribution in [2.45, 2.75) is 18.8 Å². The first kappa shape index (κ1) is 11.2. The second kappa shape index (κ2) is 4.10. The zero-order chi connectivity index (χ0) is 12.7. The monoisotopic (exact) mass is 264 g/mol. The smallest absolute Gasteiger partial charge is 0.234 e. The van der Waals surface area contributed by atoms with E-state index in [1.54, 1.807) is 12.1 Å². The number of carbonyl (C=O) groups is 2. The van der Waals surface area contributed by atoms with Crippen LogP contribution in [-0.4, -0.2) is 16.8 Å².